The van der Waals surface area contributed by atoms with Crippen LogP contribution in [0.25, 0.3) is 0 Å². The molecule has 1 amide bonds. The third-order valence-electron chi connectivity index (χ3n) is 4.04. The maximum absolute atomic E-state index is 11.8. The molecule has 25 heavy (non-hydrogen) atoms. The van der Waals surface area contributed by atoms with Gasteiger partial charge in [-0.05, 0) is 16.7 Å². The first-order chi connectivity index (χ1) is 12.3. The van der Waals surface area contributed by atoms with Crippen LogP contribution in [-0.4, -0.2) is 12.5 Å². The Hall–Kier alpha value is -2.95. The van der Waals surface area contributed by atoms with E-state index < -0.39 is 5.60 Å². The topological polar surface area (TPSA) is 64.4 Å². The Morgan fingerprint density at radius 1 is 0.760 bits per heavy atom. The molecule has 0 heterocycles. The van der Waals surface area contributed by atoms with Gasteiger partial charge in [0.05, 0.1) is 6.54 Å². The molecule has 0 atom stereocenters. The largest absolute Gasteiger partial charge is 0.322 e. The summed E-state index contributed by atoms with van der Waals surface area (Å²) in [5.41, 5.74) is 9.67. The summed E-state index contributed by atoms with van der Waals surface area (Å²) in [4.78, 5) is 17.9. The summed E-state index contributed by atoms with van der Waals surface area (Å²) in [6.07, 6.45) is 0. The fourth-order valence-corrected chi connectivity index (χ4v) is 2.87. The van der Waals surface area contributed by atoms with Crippen molar-refractivity contribution in [2.24, 2.45) is 5.73 Å². The Morgan fingerprint density at radius 3 is 1.44 bits per heavy atom. The van der Waals surface area contributed by atoms with Crippen LogP contribution in [0.1, 0.15) is 16.7 Å². The monoisotopic (exact) mass is 332 g/mol. The molecule has 0 unspecified atom stereocenters. The highest BCUT2D eigenvalue weighted by atomic mass is 16.7. The molecule has 0 fully saturated rings. The second kappa shape index (κ2) is 7.75. The van der Waals surface area contributed by atoms with Crippen LogP contribution >= 0.6 is 0 Å². The van der Waals surface area contributed by atoms with Crippen molar-refractivity contribution >= 4 is 5.91 Å². The molecule has 0 saturated carbocycles. The van der Waals surface area contributed by atoms with Crippen molar-refractivity contribution in [3.8, 4) is 0 Å². The first kappa shape index (κ1) is 16.9. The summed E-state index contributed by atoms with van der Waals surface area (Å²) in [5.74, 6) is -0.382. The van der Waals surface area contributed by atoms with Gasteiger partial charge in [0.1, 0.15) is 0 Å². The number of hydroxylamine groups is 1. The molecule has 0 radical (unpaired) electrons. The number of nitrogens with two attached hydrogens (primary N) is 1. The van der Waals surface area contributed by atoms with Crippen LogP contribution in [0.2, 0.25) is 0 Å². The van der Waals surface area contributed by atoms with Crippen molar-refractivity contribution in [2.45, 2.75) is 5.60 Å². The maximum Gasteiger partial charge on any atom is 0.257 e. The van der Waals surface area contributed by atoms with Crippen LogP contribution < -0.4 is 11.2 Å². The molecular weight excluding hydrogens is 312 g/mol. The molecule has 0 aliphatic heterocycles. The molecule has 4 heteroatoms. The van der Waals surface area contributed by atoms with Gasteiger partial charge in [-0.25, -0.2) is 5.48 Å². The fourth-order valence-electron chi connectivity index (χ4n) is 2.87. The molecule has 0 saturated heterocycles. The van der Waals surface area contributed by atoms with Crippen molar-refractivity contribution in [2.75, 3.05) is 6.54 Å². The Labute approximate surface area is 147 Å². The summed E-state index contributed by atoms with van der Waals surface area (Å²) >= 11 is 0. The van der Waals surface area contributed by atoms with Crippen LogP contribution in [0, 0.1) is 0 Å². The van der Waals surface area contributed by atoms with Gasteiger partial charge in [-0.3, -0.25) is 9.63 Å². The van der Waals surface area contributed by atoms with Crippen LogP contribution in [0.5, 0.6) is 0 Å². The van der Waals surface area contributed by atoms with Gasteiger partial charge in [-0.1, -0.05) is 91.0 Å². The first-order valence-corrected chi connectivity index (χ1v) is 8.11. The van der Waals surface area contributed by atoms with Crippen LogP contribution in [0.4, 0.5) is 0 Å². The molecule has 0 aromatic heterocycles. The first-order valence-electron chi connectivity index (χ1n) is 8.11. The van der Waals surface area contributed by atoms with E-state index in [1.807, 2.05) is 91.0 Å². The van der Waals surface area contributed by atoms with Gasteiger partial charge in [0.15, 0.2) is 5.60 Å². The van der Waals surface area contributed by atoms with Crippen molar-refractivity contribution in [1.29, 1.82) is 0 Å². The minimum absolute atomic E-state index is 0.144. The number of nitrogens with one attached hydrogen (secondary N) is 1. The molecule has 4 nitrogen and oxygen atoms in total. The van der Waals surface area contributed by atoms with E-state index >= 15 is 0 Å². The highest BCUT2D eigenvalue weighted by Crippen LogP contribution is 2.39. The molecule has 0 bridgehead atoms. The van der Waals surface area contributed by atoms with Gasteiger partial charge in [-0.2, -0.15) is 0 Å². The van der Waals surface area contributed by atoms with Crippen LogP contribution in [0.3, 0.4) is 0 Å². The Bertz CT molecular complexity index is 708. The molecule has 3 N–H and O–H groups in total. The van der Waals surface area contributed by atoms with Gasteiger partial charge in [0, 0.05) is 0 Å². The lowest BCUT2D eigenvalue weighted by molar-refractivity contribution is -0.142. The number of hydrogen-bond donors (Lipinski definition) is 2. The van der Waals surface area contributed by atoms with E-state index in [2.05, 4.69) is 5.48 Å². The third kappa shape index (κ3) is 3.45. The van der Waals surface area contributed by atoms with Gasteiger partial charge < -0.3 is 5.73 Å². The van der Waals surface area contributed by atoms with Crippen LogP contribution in [-0.2, 0) is 15.2 Å². The van der Waals surface area contributed by atoms with Gasteiger partial charge in [0.2, 0.25) is 0 Å². The maximum atomic E-state index is 11.8. The van der Waals surface area contributed by atoms with E-state index in [0.29, 0.717) is 0 Å². The quantitative estimate of drug-likeness (QED) is 0.539. The normalized spacial score (nSPS) is 11.1. The second-order valence-electron chi connectivity index (χ2n) is 5.61. The van der Waals surface area contributed by atoms with Gasteiger partial charge in [0.25, 0.3) is 5.91 Å². The smallest absolute Gasteiger partial charge is 0.257 e. The Kier molecular flexibility index (Phi) is 5.23. The van der Waals surface area contributed by atoms with Gasteiger partial charge in [-0.15, -0.1) is 0 Å². The third-order valence-corrected chi connectivity index (χ3v) is 4.04. The van der Waals surface area contributed by atoms with Gasteiger partial charge >= 0.3 is 0 Å². The molecule has 126 valence electrons. The van der Waals surface area contributed by atoms with E-state index in [4.69, 9.17) is 10.6 Å². The summed E-state index contributed by atoms with van der Waals surface area (Å²) in [5, 5.41) is 0. The van der Waals surface area contributed by atoms with Crippen molar-refractivity contribution in [3.63, 3.8) is 0 Å². The fraction of sp³-hybridized carbons (Fsp3) is 0.0952. The highest BCUT2D eigenvalue weighted by Gasteiger charge is 2.38. The SMILES string of the molecule is NCC(=O)NOC(c1ccccc1)(c1ccccc1)c1ccccc1. The Morgan fingerprint density at radius 2 is 1.12 bits per heavy atom. The second-order valence-corrected chi connectivity index (χ2v) is 5.61. The highest BCUT2D eigenvalue weighted by molar-refractivity contribution is 5.76. The zero-order valence-corrected chi connectivity index (χ0v) is 13.8. The lowest BCUT2D eigenvalue weighted by Crippen LogP contribution is -2.42. The molecule has 3 rings (SSSR count). The molecule has 3 aromatic carbocycles. The molecular formula is C21H20N2O2. The van der Waals surface area contributed by atoms with E-state index in [9.17, 15) is 4.79 Å². The predicted molar refractivity (Wildman–Crippen MR) is 97.5 cm³/mol. The average molecular weight is 332 g/mol. The van der Waals surface area contributed by atoms with E-state index in [1.165, 1.54) is 0 Å². The summed E-state index contributed by atoms with van der Waals surface area (Å²) in [6, 6.07) is 29.4. The summed E-state index contributed by atoms with van der Waals surface area (Å²) in [7, 11) is 0. The Balaban J connectivity index is 2.22. The average Bonchev–Trinajstić information content (AvgIpc) is 2.71. The molecule has 0 aliphatic rings. The molecule has 0 aliphatic carbocycles. The lowest BCUT2D eigenvalue weighted by atomic mass is 9.80. The minimum Gasteiger partial charge on any atom is -0.322 e. The van der Waals surface area contributed by atoms with Crippen molar-refractivity contribution < 1.29 is 9.63 Å². The zero-order valence-electron chi connectivity index (χ0n) is 13.8. The van der Waals surface area contributed by atoms with E-state index in [1.54, 1.807) is 0 Å². The molecule has 3 aromatic rings. The van der Waals surface area contributed by atoms with Crippen molar-refractivity contribution in [1.82, 2.24) is 5.48 Å². The number of carbonyl (C=O) groups is 1. The van der Waals surface area contributed by atoms with Crippen LogP contribution in [0.15, 0.2) is 91.0 Å². The van der Waals surface area contributed by atoms with Crippen molar-refractivity contribution in [3.05, 3.63) is 108 Å². The summed E-state index contributed by atoms with van der Waals surface area (Å²) < 4.78 is 0. The van der Waals surface area contributed by atoms with E-state index in [-0.39, 0.29) is 12.5 Å². The zero-order chi connectivity index (χ0) is 17.5. The van der Waals surface area contributed by atoms with E-state index in [0.717, 1.165) is 16.7 Å². The number of rotatable bonds is 6. The number of benzene rings is 3. The number of carbonyl (C=O) groups excluding carboxylic acids is 1. The standard InChI is InChI=1S/C21H20N2O2/c22-16-20(24)23-25-21(17-10-4-1-5-11-17,18-12-6-2-7-13-18)19-14-8-3-9-15-19/h1-15H,16,22H2,(H,23,24). The summed E-state index contributed by atoms with van der Waals surface area (Å²) in [6.45, 7) is -0.144. The number of amides is 1. The lowest BCUT2D eigenvalue weighted by Gasteiger charge is -2.34. The molecule has 0 spiro atoms. The number of hydrogen-bond acceptors (Lipinski definition) is 3. The minimum atomic E-state index is -0.978. The predicted octanol–water partition coefficient (Wildman–Crippen LogP) is 2.99.